The second-order valence-electron chi connectivity index (χ2n) is 4.08. The summed E-state index contributed by atoms with van der Waals surface area (Å²) in [4.78, 5) is 16.7. The van der Waals surface area contributed by atoms with Crippen molar-refractivity contribution in [3.8, 4) is 0 Å². The minimum atomic E-state index is -0.207. The van der Waals surface area contributed by atoms with Crippen LogP contribution in [0.4, 0.5) is 5.69 Å². The minimum Gasteiger partial charge on any atom is -0.320 e. The predicted molar refractivity (Wildman–Crippen MR) is 75.8 cm³/mol. The van der Waals surface area contributed by atoms with Gasteiger partial charge in [0.2, 0.25) is 0 Å². The average Bonchev–Trinajstić information content (AvgIpc) is 2.83. The highest BCUT2D eigenvalue weighted by atomic mass is 35.5. The third kappa shape index (κ3) is 3.27. The molecule has 2 aromatic heterocycles. The number of aryl methyl sites for hydroxylation is 2. The topological polar surface area (TPSA) is 67.8 Å². The van der Waals surface area contributed by atoms with Crippen LogP contribution >= 0.6 is 23.1 Å². The molecule has 0 aliphatic carbocycles. The maximum atomic E-state index is 12.1. The lowest BCUT2D eigenvalue weighted by molar-refractivity contribution is 0.102. The Bertz CT molecular complexity index is 599. The van der Waals surface area contributed by atoms with Gasteiger partial charge in [0.15, 0.2) is 0 Å². The summed E-state index contributed by atoms with van der Waals surface area (Å²) >= 11 is 6.95. The van der Waals surface area contributed by atoms with E-state index in [0.717, 1.165) is 35.6 Å². The number of amides is 1. The Kier molecular flexibility index (Phi) is 4.44. The van der Waals surface area contributed by atoms with Crippen molar-refractivity contribution in [2.24, 2.45) is 0 Å². The fourth-order valence-electron chi connectivity index (χ4n) is 1.60. The van der Waals surface area contributed by atoms with E-state index in [-0.39, 0.29) is 5.91 Å². The first-order valence-corrected chi connectivity index (χ1v) is 7.01. The first-order chi connectivity index (χ1) is 9.11. The fourth-order valence-corrected chi connectivity index (χ4v) is 2.30. The Labute approximate surface area is 120 Å². The summed E-state index contributed by atoms with van der Waals surface area (Å²) in [7, 11) is 0. The molecule has 7 heteroatoms. The molecule has 2 rings (SSSR count). The summed E-state index contributed by atoms with van der Waals surface area (Å²) in [5.41, 5.74) is 2.17. The van der Waals surface area contributed by atoms with Gasteiger partial charge in [0.05, 0.1) is 17.6 Å². The number of aromatic nitrogens is 3. The normalized spacial score (nSPS) is 10.5. The van der Waals surface area contributed by atoms with Gasteiger partial charge in [0.1, 0.15) is 10.0 Å². The quantitative estimate of drug-likeness (QED) is 0.880. The molecule has 0 saturated heterocycles. The molecule has 19 heavy (non-hydrogen) atoms. The summed E-state index contributed by atoms with van der Waals surface area (Å²) in [5.74, 6) is -0.207. The van der Waals surface area contributed by atoms with Crippen LogP contribution in [0.15, 0.2) is 12.3 Å². The number of pyridine rings is 1. The molecule has 0 aromatic carbocycles. The third-order valence-corrected chi connectivity index (χ3v) is 3.68. The zero-order chi connectivity index (χ0) is 13.8. The van der Waals surface area contributed by atoms with Crippen LogP contribution in [0.5, 0.6) is 0 Å². The SMILES string of the molecule is CCCc1nnsc1C(=O)Nc1cnc(Cl)c(C)c1. The van der Waals surface area contributed by atoms with Crippen LogP contribution in [0.2, 0.25) is 5.15 Å². The van der Waals surface area contributed by atoms with Crippen molar-refractivity contribution in [1.29, 1.82) is 0 Å². The van der Waals surface area contributed by atoms with E-state index in [1.807, 2.05) is 13.8 Å². The number of nitrogens with zero attached hydrogens (tertiary/aromatic N) is 3. The van der Waals surface area contributed by atoms with Gasteiger partial charge in [-0.1, -0.05) is 29.4 Å². The second kappa shape index (κ2) is 6.08. The van der Waals surface area contributed by atoms with Gasteiger partial charge in [0.25, 0.3) is 5.91 Å². The highest BCUT2D eigenvalue weighted by molar-refractivity contribution is 7.08. The molecule has 0 aliphatic heterocycles. The van der Waals surface area contributed by atoms with Crippen molar-refractivity contribution in [3.05, 3.63) is 33.6 Å². The first-order valence-electron chi connectivity index (χ1n) is 5.86. The molecule has 0 spiro atoms. The van der Waals surface area contributed by atoms with Crippen molar-refractivity contribution in [1.82, 2.24) is 14.6 Å². The molecule has 1 amide bonds. The van der Waals surface area contributed by atoms with Crippen LogP contribution in [0.25, 0.3) is 0 Å². The molecule has 2 heterocycles. The Hall–Kier alpha value is -1.53. The number of rotatable bonds is 4. The summed E-state index contributed by atoms with van der Waals surface area (Å²) in [6.45, 7) is 3.87. The fraction of sp³-hybridized carbons (Fsp3) is 0.333. The van der Waals surface area contributed by atoms with Crippen LogP contribution < -0.4 is 5.32 Å². The van der Waals surface area contributed by atoms with Crippen LogP contribution in [0, 0.1) is 6.92 Å². The van der Waals surface area contributed by atoms with Gasteiger partial charge in [-0.25, -0.2) is 4.98 Å². The minimum absolute atomic E-state index is 0.207. The van der Waals surface area contributed by atoms with E-state index in [1.54, 1.807) is 6.07 Å². The molecule has 5 nitrogen and oxygen atoms in total. The molecule has 1 N–H and O–H groups in total. The molecule has 0 radical (unpaired) electrons. The standard InChI is InChI=1S/C12H13ClN4OS/c1-3-4-9-10(19-17-16-9)12(18)15-8-5-7(2)11(13)14-6-8/h5-6H,3-4H2,1-2H3,(H,15,18). The molecule has 2 aromatic rings. The molecule has 100 valence electrons. The lowest BCUT2D eigenvalue weighted by atomic mass is 10.2. The van der Waals surface area contributed by atoms with Gasteiger partial charge in [0, 0.05) is 0 Å². The highest BCUT2D eigenvalue weighted by Crippen LogP contribution is 2.19. The lowest BCUT2D eigenvalue weighted by Gasteiger charge is -2.05. The van der Waals surface area contributed by atoms with E-state index in [9.17, 15) is 4.79 Å². The molecule has 0 bridgehead atoms. The maximum Gasteiger partial charge on any atom is 0.269 e. The van der Waals surface area contributed by atoms with Crippen LogP contribution in [0.1, 0.15) is 34.3 Å². The highest BCUT2D eigenvalue weighted by Gasteiger charge is 2.16. The zero-order valence-corrected chi connectivity index (χ0v) is 12.2. The van der Waals surface area contributed by atoms with Gasteiger partial charge in [-0.05, 0) is 36.5 Å². The molecular formula is C12H13ClN4OS. The molecule has 0 fully saturated rings. The van der Waals surface area contributed by atoms with Crippen LogP contribution in [0.3, 0.4) is 0 Å². The number of anilines is 1. The van der Waals surface area contributed by atoms with Crippen molar-refractivity contribution in [3.63, 3.8) is 0 Å². The smallest absolute Gasteiger partial charge is 0.269 e. The molecule has 0 unspecified atom stereocenters. The summed E-state index contributed by atoms with van der Waals surface area (Å²) < 4.78 is 3.83. The van der Waals surface area contributed by atoms with Crippen molar-refractivity contribution >= 4 is 34.7 Å². The van der Waals surface area contributed by atoms with Gasteiger partial charge >= 0.3 is 0 Å². The van der Waals surface area contributed by atoms with E-state index in [2.05, 4.69) is 19.9 Å². The third-order valence-electron chi connectivity index (χ3n) is 2.52. The van der Waals surface area contributed by atoms with Gasteiger partial charge in [-0.3, -0.25) is 4.79 Å². The number of nitrogens with one attached hydrogen (secondary N) is 1. The Balaban J connectivity index is 2.16. The molecular weight excluding hydrogens is 284 g/mol. The largest absolute Gasteiger partial charge is 0.320 e. The number of carbonyl (C=O) groups is 1. The van der Waals surface area contributed by atoms with Crippen LogP contribution in [-0.4, -0.2) is 20.5 Å². The van der Waals surface area contributed by atoms with E-state index in [4.69, 9.17) is 11.6 Å². The molecule has 0 aliphatic rings. The van der Waals surface area contributed by atoms with Crippen LogP contribution in [-0.2, 0) is 6.42 Å². The summed E-state index contributed by atoms with van der Waals surface area (Å²) in [6, 6.07) is 1.78. The van der Waals surface area contributed by atoms with Gasteiger partial charge < -0.3 is 5.32 Å². The average molecular weight is 297 g/mol. The lowest BCUT2D eigenvalue weighted by Crippen LogP contribution is -2.12. The maximum absolute atomic E-state index is 12.1. The van der Waals surface area contributed by atoms with Crippen molar-refractivity contribution in [2.45, 2.75) is 26.7 Å². The monoisotopic (exact) mass is 296 g/mol. The number of halogens is 1. The number of hydrogen-bond donors (Lipinski definition) is 1. The Morgan fingerprint density at radius 1 is 1.53 bits per heavy atom. The number of carbonyl (C=O) groups excluding carboxylic acids is 1. The van der Waals surface area contributed by atoms with Crippen molar-refractivity contribution in [2.75, 3.05) is 5.32 Å². The van der Waals surface area contributed by atoms with E-state index < -0.39 is 0 Å². The summed E-state index contributed by atoms with van der Waals surface area (Å²) in [5, 5.41) is 7.19. The van der Waals surface area contributed by atoms with E-state index in [1.165, 1.54) is 6.20 Å². The van der Waals surface area contributed by atoms with Gasteiger partial charge in [-0.15, -0.1) is 5.10 Å². The summed E-state index contributed by atoms with van der Waals surface area (Å²) in [6.07, 6.45) is 3.20. The van der Waals surface area contributed by atoms with E-state index in [0.29, 0.717) is 15.7 Å². The van der Waals surface area contributed by atoms with Crippen molar-refractivity contribution < 1.29 is 4.79 Å². The zero-order valence-electron chi connectivity index (χ0n) is 10.6. The number of hydrogen-bond acceptors (Lipinski definition) is 5. The predicted octanol–water partition coefficient (Wildman–Crippen LogP) is 3.10. The second-order valence-corrected chi connectivity index (χ2v) is 5.20. The van der Waals surface area contributed by atoms with Gasteiger partial charge in [-0.2, -0.15) is 0 Å². The first kappa shape index (κ1) is 13.9. The molecule has 0 atom stereocenters. The molecule has 0 saturated carbocycles. The van der Waals surface area contributed by atoms with E-state index >= 15 is 0 Å². The Morgan fingerprint density at radius 2 is 2.32 bits per heavy atom. The Morgan fingerprint density at radius 3 is 3.00 bits per heavy atom.